The molecular weight excluding hydrogens is 273 g/mol. The molecule has 0 aliphatic rings. The Morgan fingerprint density at radius 3 is 2.55 bits per heavy atom. The lowest BCUT2D eigenvalue weighted by molar-refractivity contribution is -0.141. The molecule has 0 aromatic carbocycles. The monoisotopic (exact) mass is 290 g/mol. The highest BCUT2D eigenvalue weighted by molar-refractivity contribution is 5.92. The molecule has 0 aliphatic heterocycles. The summed E-state index contributed by atoms with van der Waals surface area (Å²) in [6.45, 7) is 6.78. The van der Waals surface area contributed by atoms with Gasteiger partial charge in [-0.2, -0.15) is 18.3 Å². The molecule has 4 nitrogen and oxygen atoms in total. The number of esters is 1. The van der Waals surface area contributed by atoms with Crippen molar-refractivity contribution in [3.63, 3.8) is 0 Å². The summed E-state index contributed by atoms with van der Waals surface area (Å²) in [5.41, 5.74) is -0.533. The Balaban J connectivity index is 3.20. The number of nitrogens with zero attached hydrogens (tertiary/aromatic N) is 2. The standard InChI is InChI=1S/C13H17F3N2O2/c1-5-20-12(19)9(4)6-10-7-11(13(14,15)16)17-18(10)8(2)3/h6-8H,5H2,1-4H3/b9-6+. The first-order chi connectivity index (χ1) is 9.16. The molecule has 0 N–H and O–H groups in total. The lowest BCUT2D eigenvalue weighted by atomic mass is 10.2. The van der Waals surface area contributed by atoms with Crippen LogP contribution in [-0.4, -0.2) is 22.4 Å². The van der Waals surface area contributed by atoms with Gasteiger partial charge in [0, 0.05) is 11.6 Å². The molecule has 1 heterocycles. The van der Waals surface area contributed by atoms with Gasteiger partial charge in [-0.1, -0.05) is 0 Å². The molecule has 0 radical (unpaired) electrons. The quantitative estimate of drug-likeness (QED) is 0.630. The number of hydrogen-bond donors (Lipinski definition) is 0. The molecule has 0 saturated heterocycles. The van der Waals surface area contributed by atoms with Crippen molar-refractivity contribution in [3.8, 4) is 0 Å². The van der Waals surface area contributed by atoms with Gasteiger partial charge in [0.25, 0.3) is 0 Å². The van der Waals surface area contributed by atoms with Crippen molar-refractivity contribution >= 4 is 12.0 Å². The fourth-order valence-electron chi connectivity index (χ4n) is 1.59. The SMILES string of the molecule is CCOC(=O)/C(C)=C/c1cc(C(F)(F)F)nn1C(C)C. The van der Waals surface area contributed by atoms with Gasteiger partial charge in [0.2, 0.25) is 0 Å². The van der Waals surface area contributed by atoms with E-state index in [0.29, 0.717) is 0 Å². The first kappa shape index (κ1) is 16.3. The van der Waals surface area contributed by atoms with Gasteiger partial charge in [-0.15, -0.1) is 0 Å². The topological polar surface area (TPSA) is 44.1 Å². The molecule has 0 bridgehead atoms. The fraction of sp³-hybridized carbons (Fsp3) is 0.538. The first-order valence-corrected chi connectivity index (χ1v) is 6.19. The Bertz CT molecular complexity index is 516. The number of aromatic nitrogens is 2. The van der Waals surface area contributed by atoms with Crippen LogP contribution in [-0.2, 0) is 15.7 Å². The van der Waals surface area contributed by atoms with Crippen LogP contribution in [0.15, 0.2) is 11.6 Å². The van der Waals surface area contributed by atoms with Gasteiger partial charge in [-0.05, 0) is 39.8 Å². The minimum Gasteiger partial charge on any atom is -0.463 e. The van der Waals surface area contributed by atoms with E-state index in [-0.39, 0.29) is 23.9 Å². The summed E-state index contributed by atoms with van der Waals surface area (Å²) in [5, 5.41) is 3.53. The van der Waals surface area contributed by atoms with Gasteiger partial charge in [-0.25, -0.2) is 4.79 Å². The molecule has 0 atom stereocenters. The van der Waals surface area contributed by atoms with Gasteiger partial charge in [0.05, 0.1) is 12.3 Å². The van der Waals surface area contributed by atoms with Crippen molar-refractivity contribution in [3.05, 3.63) is 23.0 Å². The summed E-state index contributed by atoms with van der Waals surface area (Å²) in [6, 6.07) is 0.662. The number of carbonyl (C=O) groups is 1. The van der Waals surface area contributed by atoms with E-state index in [9.17, 15) is 18.0 Å². The number of hydrogen-bond acceptors (Lipinski definition) is 3. The third-order valence-electron chi connectivity index (χ3n) is 2.51. The number of alkyl halides is 3. The fourth-order valence-corrected chi connectivity index (χ4v) is 1.59. The van der Waals surface area contributed by atoms with Crippen LogP contribution in [0.25, 0.3) is 6.08 Å². The van der Waals surface area contributed by atoms with Gasteiger partial charge in [0.15, 0.2) is 5.69 Å². The molecule has 0 spiro atoms. The van der Waals surface area contributed by atoms with Crippen LogP contribution in [0.4, 0.5) is 13.2 Å². The van der Waals surface area contributed by atoms with Crippen LogP contribution in [0, 0.1) is 0 Å². The molecule has 0 unspecified atom stereocenters. The molecular formula is C13H17F3N2O2. The maximum absolute atomic E-state index is 12.7. The maximum Gasteiger partial charge on any atom is 0.435 e. The Morgan fingerprint density at radius 2 is 2.10 bits per heavy atom. The molecule has 0 saturated carbocycles. The van der Waals surface area contributed by atoms with E-state index in [1.165, 1.54) is 17.7 Å². The first-order valence-electron chi connectivity index (χ1n) is 6.19. The zero-order valence-electron chi connectivity index (χ0n) is 11.8. The third-order valence-corrected chi connectivity index (χ3v) is 2.51. The Labute approximate surface area is 115 Å². The molecule has 0 aliphatic carbocycles. The maximum atomic E-state index is 12.7. The van der Waals surface area contributed by atoms with E-state index in [2.05, 4.69) is 5.10 Å². The third kappa shape index (κ3) is 3.85. The largest absolute Gasteiger partial charge is 0.463 e. The summed E-state index contributed by atoms with van der Waals surface area (Å²) >= 11 is 0. The number of halogens is 3. The van der Waals surface area contributed by atoms with Crippen LogP contribution in [0.1, 0.15) is 45.1 Å². The Hall–Kier alpha value is -1.79. The van der Waals surface area contributed by atoms with E-state index >= 15 is 0 Å². The van der Waals surface area contributed by atoms with Gasteiger partial charge in [-0.3, -0.25) is 4.68 Å². The summed E-state index contributed by atoms with van der Waals surface area (Å²) in [5.74, 6) is -0.558. The predicted octanol–water partition coefficient (Wildman–Crippen LogP) is 3.45. The molecule has 1 rings (SSSR count). The Kier molecular flexibility index (Phi) is 4.97. The Morgan fingerprint density at radius 1 is 1.50 bits per heavy atom. The van der Waals surface area contributed by atoms with Crippen LogP contribution in [0.2, 0.25) is 0 Å². The summed E-state index contributed by atoms with van der Waals surface area (Å²) in [4.78, 5) is 11.5. The smallest absolute Gasteiger partial charge is 0.435 e. The van der Waals surface area contributed by atoms with E-state index in [4.69, 9.17) is 4.74 Å². The van der Waals surface area contributed by atoms with Crippen molar-refractivity contribution in [2.45, 2.75) is 39.9 Å². The van der Waals surface area contributed by atoms with Crippen LogP contribution in [0.3, 0.4) is 0 Å². The van der Waals surface area contributed by atoms with Crippen LogP contribution in [0.5, 0.6) is 0 Å². The van der Waals surface area contributed by atoms with Crippen molar-refractivity contribution in [1.29, 1.82) is 0 Å². The van der Waals surface area contributed by atoms with Crippen LogP contribution < -0.4 is 0 Å². The second-order valence-corrected chi connectivity index (χ2v) is 4.54. The average molecular weight is 290 g/mol. The highest BCUT2D eigenvalue weighted by Crippen LogP contribution is 2.30. The van der Waals surface area contributed by atoms with Crippen molar-refractivity contribution in [2.75, 3.05) is 6.61 Å². The minimum atomic E-state index is -4.51. The minimum absolute atomic E-state index is 0.210. The number of carbonyl (C=O) groups excluding carboxylic acids is 1. The summed E-state index contributed by atoms with van der Waals surface area (Å²) < 4.78 is 44.0. The van der Waals surface area contributed by atoms with Gasteiger partial charge in [0.1, 0.15) is 0 Å². The normalized spacial score (nSPS) is 12.9. The number of ether oxygens (including phenoxy) is 1. The molecule has 1 aromatic rings. The second-order valence-electron chi connectivity index (χ2n) is 4.54. The lowest BCUT2D eigenvalue weighted by Gasteiger charge is -2.09. The van der Waals surface area contributed by atoms with Crippen molar-refractivity contribution in [2.24, 2.45) is 0 Å². The van der Waals surface area contributed by atoms with Gasteiger partial charge >= 0.3 is 12.1 Å². The highest BCUT2D eigenvalue weighted by atomic mass is 19.4. The number of rotatable bonds is 4. The van der Waals surface area contributed by atoms with E-state index in [1.54, 1.807) is 20.8 Å². The van der Waals surface area contributed by atoms with Crippen LogP contribution >= 0.6 is 0 Å². The molecule has 20 heavy (non-hydrogen) atoms. The average Bonchev–Trinajstić information content (AvgIpc) is 2.73. The second kappa shape index (κ2) is 6.11. The lowest BCUT2D eigenvalue weighted by Crippen LogP contribution is -2.10. The zero-order valence-corrected chi connectivity index (χ0v) is 11.8. The molecule has 0 fully saturated rings. The predicted molar refractivity (Wildman–Crippen MR) is 67.9 cm³/mol. The van der Waals surface area contributed by atoms with Crippen molar-refractivity contribution in [1.82, 2.24) is 9.78 Å². The highest BCUT2D eigenvalue weighted by Gasteiger charge is 2.35. The molecule has 112 valence electrons. The van der Waals surface area contributed by atoms with E-state index in [1.807, 2.05) is 0 Å². The summed E-state index contributed by atoms with van der Waals surface area (Å²) in [6.07, 6.45) is -3.17. The zero-order chi connectivity index (χ0) is 15.5. The van der Waals surface area contributed by atoms with E-state index < -0.39 is 17.8 Å². The molecule has 7 heteroatoms. The van der Waals surface area contributed by atoms with E-state index in [0.717, 1.165) is 6.07 Å². The molecule has 0 amide bonds. The van der Waals surface area contributed by atoms with Gasteiger partial charge < -0.3 is 4.74 Å². The summed E-state index contributed by atoms with van der Waals surface area (Å²) in [7, 11) is 0. The molecule has 1 aromatic heterocycles. The van der Waals surface area contributed by atoms with Crippen molar-refractivity contribution < 1.29 is 22.7 Å².